The van der Waals surface area contributed by atoms with Crippen LogP contribution in [0.15, 0.2) is 36.4 Å². The molecule has 2 bridgehead atoms. The molecule has 0 saturated heterocycles. The maximum Gasteiger partial charge on any atom is 0.227 e. The van der Waals surface area contributed by atoms with Gasteiger partial charge in [-0.2, -0.15) is 0 Å². The smallest absolute Gasteiger partial charge is 0.227 e. The van der Waals surface area contributed by atoms with Gasteiger partial charge in [-0.1, -0.05) is 36.4 Å². The molecule has 1 amide bonds. The Labute approximate surface area is 174 Å². The van der Waals surface area contributed by atoms with Crippen molar-refractivity contribution in [1.82, 2.24) is 5.32 Å². The van der Waals surface area contributed by atoms with Crippen LogP contribution in [0, 0.1) is 17.8 Å². The molecule has 29 heavy (non-hydrogen) atoms. The fraction of sp³-hybridized carbons (Fsp3) is 0.625. The number of carbonyl (C=O) groups is 1. The van der Waals surface area contributed by atoms with Crippen LogP contribution in [0.4, 0.5) is 0 Å². The van der Waals surface area contributed by atoms with Crippen molar-refractivity contribution in [2.75, 3.05) is 12.8 Å². The molecule has 3 aliphatic rings. The molecule has 1 aromatic carbocycles. The zero-order chi connectivity index (χ0) is 20.4. The Balaban J connectivity index is 1.33. The molecule has 2 saturated carbocycles. The third-order valence-electron chi connectivity index (χ3n) is 7.37. The van der Waals surface area contributed by atoms with Crippen LogP contribution < -0.4 is 5.32 Å². The molecule has 4 nitrogen and oxygen atoms in total. The first-order chi connectivity index (χ1) is 13.9. The summed E-state index contributed by atoms with van der Waals surface area (Å²) >= 11 is 0. The standard InChI is InChI=1S/C24H34NO3P/c1-29(27,28)15-7-3-2-4-10-21-18-11-12-19(16-18)23(21)25-24(26)22-14-13-17-8-5-6-9-20(17)22/h2,4-6,8-9,18-19,21-23H,3,7,10-16H2,1H3,(H,25,26)(H,27,28)/b4-2+. The Morgan fingerprint density at radius 2 is 2.00 bits per heavy atom. The minimum atomic E-state index is -2.89. The van der Waals surface area contributed by atoms with Crippen LogP contribution in [-0.2, 0) is 15.8 Å². The quantitative estimate of drug-likeness (QED) is 0.361. The average Bonchev–Trinajstić information content (AvgIpc) is 3.38. The van der Waals surface area contributed by atoms with Gasteiger partial charge in [0, 0.05) is 18.9 Å². The van der Waals surface area contributed by atoms with Gasteiger partial charge < -0.3 is 10.2 Å². The molecular weight excluding hydrogens is 381 g/mol. The van der Waals surface area contributed by atoms with E-state index in [1.165, 1.54) is 37.1 Å². The number of fused-ring (bicyclic) bond motifs is 3. The Morgan fingerprint density at radius 3 is 2.83 bits per heavy atom. The van der Waals surface area contributed by atoms with Crippen LogP contribution in [0.5, 0.6) is 0 Å². The third kappa shape index (κ3) is 4.86. The van der Waals surface area contributed by atoms with Crippen LogP contribution in [-0.4, -0.2) is 29.7 Å². The van der Waals surface area contributed by atoms with E-state index in [4.69, 9.17) is 0 Å². The number of hydrogen-bond acceptors (Lipinski definition) is 2. The molecule has 0 heterocycles. The lowest BCUT2D eigenvalue weighted by Gasteiger charge is -2.32. The lowest BCUT2D eigenvalue weighted by molar-refractivity contribution is -0.124. The van der Waals surface area contributed by atoms with Gasteiger partial charge >= 0.3 is 0 Å². The van der Waals surface area contributed by atoms with Crippen LogP contribution in [0.1, 0.15) is 62.0 Å². The molecule has 2 N–H and O–H groups in total. The highest BCUT2D eigenvalue weighted by molar-refractivity contribution is 7.57. The van der Waals surface area contributed by atoms with Crippen molar-refractivity contribution in [3.63, 3.8) is 0 Å². The fourth-order valence-corrected chi connectivity index (χ4v) is 6.71. The van der Waals surface area contributed by atoms with Gasteiger partial charge in [-0.05, 0) is 80.2 Å². The van der Waals surface area contributed by atoms with Gasteiger partial charge in [0.05, 0.1) is 5.92 Å². The number of rotatable bonds is 8. The first-order valence-electron chi connectivity index (χ1n) is 11.2. The monoisotopic (exact) mass is 415 g/mol. The van der Waals surface area contributed by atoms with Gasteiger partial charge in [-0.15, -0.1) is 0 Å². The minimum Gasteiger partial charge on any atom is -0.352 e. The number of unbranched alkanes of at least 4 members (excludes halogenated alkanes) is 1. The summed E-state index contributed by atoms with van der Waals surface area (Å²) in [5, 5.41) is 3.47. The molecule has 6 atom stereocenters. The summed E-state index contributed by atoms with van der Waals surface area (Å²) in [6.07, 6.45) is 13.2. The van der Waals surface area contributed by atoms with E-state index in [1.54, 1.807) is 0 Å². The van der Waals surface area contributed by atoms with E-state index < -0.39 is 7.37 Å². The number of amides is 1. The molecule has 0 spiro atoms. The highest BCUT2D eigenvalue weighted by Gasteiger charge is 2.48. The molecular formula is C24H34NO3P. The first-order valence-corrected chi connectivity index (χ1v) is 13.5. The predicted octanol–water partition coefficient (Wildman–Crippen LogP) is 4.87. The molecule has 6 unspecified atom stereocenters. The third-order valence-corrected chi connectivity index (χ3v) is 8.51. The largest absolute Gasteiger partial charge is 0.352 e. The molecule has 5 heteroatoms. The second kappa shape index (κ2) is 8.78. The van der Waals surface area contributed by atoms with E-state index in [0.717, 1.165) is 38.0 Å². The average molecular weight is 416 g/mol. The van der Waals surface area contributed by atoms with Gasteiger partial charge in [0.2, 0.25) is 5.91 Å². The highest BCUT2D eigenvalue weighted by atomic mass is 31.2. The van der Waals surface area contributed by atoms with E-state index in [0.29, 0.717) is 24.0 Å². The van der Waals surface area contributed by atoms with Gasteiger partial charge in [-0.3, -0.25) is 9.36 Å². The molecule has 4 rings (SSSR count). The number of benzene rings is 1. The summed E-state index contributed by atoms with van der Waals surface area (Å²) in [5.74, 6) is 2.16. The summed E-state index contributed by atoms with van der Waals surface area (Å²) in [6, 6.07) is 8.70. The van der Waals surface area contributed by atoms with Crippen molar-refractivity contribution in [3.05, 3.63) is 47.5 Å². The van der Waals surface area contributed by atoms with Crippen LogP contribution in [0.2, 0.25) is 0 Å². The number of allylic oxidation sites excluding steroid dienone is 2. The SMILES string of the molecule is CP(=O)(O)CCC/C=C/CC1C2CCC(C2)C1NC(=O)C1CCc2ccccc21. The van der Waals surface area contributed by atoms with Crippen molar-refractivity contribution in [2.45, 2.75) is 63.3 Å². The van der Waals surface area contributed by atoms with Crippen LogP contribution >= 0.6 is 7.37 Å². The van der Waals surface area contributed by atoms with E-state index >= 15 is 0 Å². The molecule has 158 valence electrons. The van der Waals surface area contributed by atoms with Crippen molar-refractivity contribution in [3.8, 4) is 0 Å². The molecule has 0 aliphatic heterocycles. The van der Waals surface area contributed by atoms with E-state index in [1.807, 2.05) is 6.07 Å². The molecule has 0 aromatic heterocycles. The Kier molecular flexibility index (Phi) is 6.32. The Bertz CT molecular complexity index is 814. The fourth-order valence-electron chi connectivity index (χ4n) is 5.94. The van der Waals surface area contributed by atoms with Crippen molar-refractivity contribution in [1.29, 1.82) is 0 Å². The predicted molar refractivity (Wildman–Crippen MR) is 117 cm³/mol. The van der Waals surface area contributed by atoms with Gasteiger partial charge in [0.1, 0.15) is 0 Å². The summed E-state index contributed by atoms with van der Waals surface area (Å²) in [5.41, 5.74) is 2.56. The van der Waals surface area contributed by atoms with E-state index in [-0.39, 0.29) is 11.8 Å². The number of aryl methyl sites for hydroxylation is 1. The molecule has 1 aromatic rings. The molecule has 3 aliphatic carbocycles. The number of carbonyl (C=O) groups excluding carboxylic acids is 1. The number of hydrogen-bond donors (Lipinski definition) is 2. The maximum atomic E-state index is 13.1. The maximum absolute atomic E-state index is 13.1. The van der Waals surface area contributed by atoms with E-state index in [2.05, 4.69) is 35.7 Å². The van der Waals surface area contributed by atoms with Crippen molar-refractivity contribution < 1.29 is 14.3 Å². The topological polar surface area (TPSA) is 66.4 Å². The summed E-state index contributed by atoms with van der Waals surface area (Å²) in [6.45, 7) is 1.43. The zero-order valence-electron chi connectivity index (χ0n) is 17.4. The van der Waals surface area contributed by atoms with Gasteiger partial charge in [0.25, 0.3) is 0 Å². The normalized spacial score (nSPS) is 32.4. The summed E-state index contributed by atoms with van der Waals surface area (Å²) < 4.78 is 11.4. The summed E-state index contributed by atoms with van der Waals surface area (Å²) in [7, 11) is -2.89. The Hall–Kier alpha value is -1.38. The molecule has 0 radical (unpaired) electrons. The van der Waals surface area contributed by atoms with Crippen molar-refractivity contribution >= 4 is 13.3 Å². The lowest BCUT2D eigenvalue weighted by Crippen LogP contribution is -2.45. The van der Waals surface area contributed by atoms with Gasteiger partial charge in [0.15, 0.2) is 7.37 Å². The van der Waals surface area contributed by atoms with Crippen LogP contribution in [0.25, 0.3) is 0 Å². The highest BCUT2D eigenvalue weighted by Crippen LogP contribution is 2.50. The zero-order valence-corrected chi connectivity index (χ0v) is 18.3. The van der Waals surface area contributed by atoms with Gasteiger partial charge in [-0.25, -0.2) is 0 Å². The van der Waals surface area contributed by atoms with E-state index in [9.17, 15) is 14.3 Å². The minimum absolute atomic E-state index is 0.0183. The second-order valence-corrected chi connectivity index (χ2v) is 12.0. The van der Waals surface area contributed by atoms with Crippen LogP contribution in [0.3, 0.4) is 0 Å². The lowest BCUT2D eigenvalue weighted by atomic mass is 9.81. The molecule has 2 fully saturated rings. The number of nitrogens with one attached hydrogen (secondary N) is 1. The second-order valence-electron chi connectivity index (χ2n) is 9.45. The Morgan fingerprint density at radius 1 is 1.21 bits per heavy atom. The van der Waals surface area contributed by atoms with Crippen molar-refractivity contribution in [2.24, 2.45) is 17.8 Å². The first kappa shape index (κ1) is 20.9. The summed E-state index contributed by atoms with van der Waals surface area (Å²) in [4.78, 5) is 22.5.